The van der Waals surface area contributed by atoms with Crippen molar-refractivity contribution in [1.29, 1.82) is 0 Å². The normalized spacial score (nSPS) is 9.92. The summed E-state index contributed by atoms with van der Waals surface area (Å²) in [6.45, 7) is 3.37. The zero-order chi connectivity index (χ0) is 9.14. The predicted molar refractivity (Wildman–Crippen MR) is 49.1 cm³/mol. The minimum atomic E-state index is -0.832. The molecule has 1 rings (SSSR count). The molecule has 3 heteroatoms. The Hall–Kier alpha value is -0.700. The van der Waals surface area contributed by atoms with Gasteiger partial charge < -0.3 is 0 Å². The fourth-order valence-electron chi connectivity index (χ4n) is 0.865. The Labute approximate surface area is 78.0 Å². The molecule has 0 fully saturated rings. The summed E-state index contributed by atoms with van der Waals surface area (Å²) in [6, 6.07) is 3.03. The summed E-state index contributed by atoms with van der Waals surface area (Å²) < 4.78 is 26.0. The van der Waals surface area contributed by atoms with Gasteiger partial charge in [-0.2, -0.15) is 0 Å². The van der Waals surface area contributed by atoms with Crippen LogP contribution in [0.2, 0.25) is 0 Å². The van der Waals surface area contributed by atoms with Gasteiger partial charge in [0.1, 0.15) is 0 Å². The zero-order valence-corrected chi connectivity index (χ0v) is 7.87. The van der Waals surface area contributed by atoms with Gasteiger partial charge in [0.2, 0.25) is 0 Å². The van der Waals surface area contributed by atoms with Crippen molar-refractivity contribution in [1.82, 2.24) is 0 Å². The highest BCUT2D eigenvalue weighted by atomic mass is 79.9. The number of alkyl halides is 1. The van der Waals surface area contributed by atoms with Crippen LogP contribution in [-0.4, -0.2) is 0 Å². The maximum absolute atomic E-state index is 13.0. The van der Waals surface area contributed by atoms with E-state index in [2.05, 4.69) is 22.5 Å². The average Bonchev–Trinajstić information content (AvgIpc) is 2.10. The lowest BCUT2D eigenvalue weighted by Gasteiger charge is -2.02. The molecule has 0 aliphatic rings. The quantitative estimate of drug-likeness (QED) is 0.685. The van der Waals surface area contributed by atoms with Crippen LogP contribution in [0.5, 0.6) is 0 Å². The highest BCUT2D eigenvalue weighted by molar-refractivity contribution is 9.08. The van der Waals surface area contributed by atoms with Crippen molar-refractivity contribution < 1.29 is 8.78 Å². The molecule has 0 bridgehead atoms. The number of rotatable bonds is 2. The lowest BCUT2D eigenvalue weighted by molar-refractivity contribution is 0.501. The molecule has 0 nitrogen and oxygen atoms in total. The van der Waals surface area contributed by atoms with E-state index in [9.17, 15) is 8.78 Å². The SMILES string of the molecule is C=Cc1ccc(CBr)c(F)c1F. The van der Waals surface area contributed by atoms with E-state index in [1.165, 1.54) is 18.2 Å². The highest BCUT2D eigenvalue weighted by Crippen LogP contribution is 2.18. The van der Waals surface area contributed by atoms with Gasteiger partial charge in [-0.15, -0.1) is 0 Å². The molecule has 0 N–H and O–H groups in total. The van der Waals surface area contributed by atoms with E-state index in [0.29, 0.717) is 10.9 Å². The molecule has 1 aromatic carbocycles. The first-order valence-electron chi connectivity index (χ1n) is 3.36. The molecule has 0 spiro atoms. The fraction of sp³-hybridized carbons (Fsp3) is 0.111. The Morgan fingerprint density at radius 2 is 2.00 bits per heavy atom. The Morgan fingerprint density at radius 1 is 1.33 bits per heavy atom. The van der Waals surface area contributed by atoms with Crippen molar-refractivity contribution in [2.45, 2.75) is 5.33 Å². The van der Waals surface area contributed by atoms with Crippen LogP contribution < -0.4 is 0 Å². The van der Waals surface area contributed by atoms with Gasteiger partial charge in [-0.25, -0.2) is 8.78 Å². The zero-order valence-electron chi connectivity index (χ0n) is 6.28. The second-order valence-electron chi connectivity index (χ2n) is 2.28. The molecule has 12 heavy (non-hydrogen) atoms. The van der Waals surface area contributed by atoms with E-state index in [4.69, 9.17) is 0 Å². The van der Waals surface area contributed by atoms with E-state index < -0.39 is 11.6 Å². The van der Waals surface area contributed by atoms with E-state index >= 15 is 0 Å². The summed E-state index contributed by atoms with van der Waals surface area (Å²) in [4.78, 5) is 0. The van der Waals surface area contributed by atoms with Crippen LogP contribution in [0.1, 0.15) is 11.1 Å². The summed E-state index contributed by atoms with van der Waals surface area (Å²) in [5.74, 6) is -1.63. The molecule has 0 radical (unpaired) electrons. The first kappa shape index (κ1) is 9.39. The Morgan fingerprint density at radius 3 is 2.50 bits per heavy atom. The Balaban J connectivity index is 3.29. The van der Waals surface area contributed by atoms with Gasteiger partial charge in [-0.1, -0.05) is 40.7 Å². The van der Waals surface area contributed by atoms with Gasteiger partial charge >= 0.3 is 0 Å². The minimum absolute atomic E-state index is 0.192. The largest absolute Gasteiger partial charge is 0.203 e. The molecule has 0 unspecified atom stereocenters. The van der Waals surface area contributed by atoms with Gasteiger partial charge in [-0.05, 0) is 0 Å². The van der Waals surface area contributed by atoms with Gasteiger partial charge in [0.25, 0.3) is 0 Å². The third kappa shape index (κ3) is 1.55. The summed E-state index contributed by atoms with van der Waals surface area (Å²) in [7, 11) is 0. The van der Waals surface area contributed by atoms with Crippen molar-refractivity contribution in [2.75, 3.05) is 0 Å². The summed E-state index contributed by atoms with van der Waals surface area (Å²) in [6.07, 6.45) is 1.29. The molecule has 0 saturated heterocycles. The van der Waals surface area contributed by atoms with Crippen molar-refractivity contribution in [2.24, 2.45) is 0 Å². The van der Waals surface area contributed by atoms with Crippen LogP contribution >= 0.6 is 15.9 Å². The predicted octanol–water partition coefficient (Wildman–Crippen LogP) is 3.50. The van der Waals surface area contributed by atoms with Crippen LogP contribution in [0.25, 0.3) is 6.08 Å². The summed E-state index contributed by atoms with van der Waals surface area (Å²) >= 11 is 3.06. The molecule has 0 atom stereocenters. The summed E-state index contributed by atoms with van der Waals surface area (Å²) in [5, 5.41) is 0.313. The molecule has 0 aromatic heterocycles. The third-order valence-electron chi connectivity index (χ3n) is 1.56. The van der Waals surface area contributed by atoms with Crippen LogP contribution in [0, 0.1) is 11.6 Å². The standard InChI is InChI=1S/C9H7BrF2/c1-2-6-3-4-7(5-10)9(12)8(6)11/h2-4H,1,5H2. The van der Waals surface area contributed by atoms with E-state index in [1.807, 2.05) is 0 Å². The van der Waals surface area contributed by atoms with Crippen LogP contribution in [0.4, 0.5) is 8.78 Å². The first-order chi connectivity index (χ1) is 5.70. The Bertz CT molecular complexity index is 308. The molecular formula is C9H7BrF2. The van der Waals surface area contributed by atoms with Crippen molar-refractivity contribution >= 4 is 22.0 Å². The highest BCUT2D eigenvalue weighted by Gasteiger charge is 2.09. The Kier molecular flexibility index (Phi) is 2.98. The molecule has 0 saturated carbocycles. The van der Waals surface area contributed by atoms with Gasteiger partial charge in [-0.3, -0.25) is 0 Å². The number of hydrogen-bond donors (Lipinski definition) is 0. The molecule has 0 aliphatic heterocycles. The fourth-order valence-corrected chi connectivity index (χ4v) is 1.30. The number of benzene rings is 1. The molecule has 0 heterocycles. The number of hydrogen-bond acceptors (Lipinski definition) is 0. The molecule has 0 aliphatic carbocycles. The van der Waals surface area contributed by atoms with E-state index in [-0.39, 0.29) is 5.56 Å². The summed E-state index contributed by atoms with van der Waals surface area (Å²) in [5.41, 5.74) is 0.510. The lowest BCUT2D eigenvalue weighted by atomic mass is 10.1. The third-order valence-corrected chi connectivity index (χ3v) is 2.16. The van der Waals surface area contributed by atoms with Gasteiger partial charge in [0.05, 0.1) is 0 Å². The lowest BCUT2D eigenvalue weighted by Crippen LogP contribution is -1.93. The second-order valence-corrected chi connectivity index (χ2v) is 2.84. The topological polar surface area (TPSA) is 0 Å². The smallest absolute Gasteiger partial charge is 0.166 e. The van der Waals surface area contributed by atoms with Crippen molar-refractivity contribution in [3.05, 3.63) is 41.5 Å². The van der Waals surface area contributed by atoms with Crippen LogP contribution in [0.15, 0.2) is 18.7 Å². The minimum Gasteiger partial charge on any atom is -0.203 e. The maximum Gasteiger partial charge on any atom is 0.166 e. The van der Waals surface area contributed by atoms with Gasteiger partial charge in [0.15, 0.2) is 11.6 Å². The molecular weight excluding hydrogens is 226 g/mol. The average molecular weight is 233 g/mol. The monoisotopic (exact) mass is 232 g/mol. The van der Waals surface area contributed by atoms with Crippen LogP contribution in [-0.2, 0) is 5.33 Å². The molecule has 1 aromatic rings. The second kappa shape index (κ2) is 3.81. The van der Waals surface area contributed by atoms with Crippen molar-refractivity contribution in [3.8, 4) is 0 Å². The maximum atomic E-state index is 13.0. The van der Waals surface area contributed by atoms with Crippen molar-refractivity contribution in [3.63, 3.8) is 0 Å². The van der Waals surface area contributed by atoms with Gasteiger partial charge in [0, 0.05) is 16.5 Å². The van der Waals surface area contributed by atoms with Crippen LogP contribution in [0.3, 0.4) is 0 Å². The van der Waals surface area contributed by atoms with E-state index in [0.717, 1.165) is 0 Å². The molecule has 64 valence electrons. The number of halogens is 3. The first-order valence-corrected chi connectivity index (χ1v) is 4.48. The van der Waals surface area contributed by atoms with E-state index in [1.54, 1.807) is 0 Å². The molecule has 0 amide bonds.